The lowest BCUT2D eigenvalue weighted by atomic mass is 10.1. The van der Waals surface area contributed by atoms with Crippen LogP contribution in [-0.4, -0.2) is 56.3 Å². The van der Waals surface area contributed by atoms with E-state index in [0.717, 1.165) is 26.5 Å². The molecule has 0 radical (unpaired) electrons. The zero-order valence-corrected chi connectivity index (χ0v) is 21.4. The summed E-state index contributed by atoms with van der Waals surface area (Å²) in [6, 6.07) is 16.5. The van der Waals surface area contributed by atoms with Crippen molar-refractivity contribution in [3.05, 3.63) is 91.5 Å². The predicted octanol–water partition coefficient (Wildman–Crippen LogP) is 2.16. The van der Waals surface area contributed by atoms with E-state index in [-0.39, 0.29) is 11.3 Å². The molecule has 1 fully saturated rings. The number of hydrogen-bond donors (Lipinski definition) is 2. The van der Waals surface area contributed by atoms with Crippen LogP contribution in [-0.2, 0) is 18.8 Å². The van der Waals surface area contributed by atoms with Crippen LogP contribution in [0.2, 0.25) is 0 Å². The SMILES string of the molecule is Cn1c(=O)n(C)c2cc(N3CCOCC3)c(N=Cc3c(O)n(-c4cccc5ccccc45)c(=O)[nH]c3=O)cc21. The van der Waals surface area contributed by atoms with Gasteiger partial charge in [-0.3, -0.25) is 23.9 Å². The fourth-order valence-electron chi connectivity index (χ4n) is 5.10. The van der Waals surface area contributed by atoms with Gasteiger partial charge in [0.05, 0.1) is 41.3 Å². The molecule has 1 saturated heterocycles. The number of ether oxygens (including phenoxy) is 1. The number of aromatic nitrogens is 4. The summed E-state index contributed by atoms with van der Waals surface area (Å²) < 4.78 is 9.67. The van der Waals surface area contributed by atoms with E-state index in [1.165, 1.54) is 10.8 Å². The van der Waals surface area contributed by atoms with Gasteiger partial charge in [0, 0.05) is 38.8 Å². The third-order valence-corrected chi connectivity index (χ3v) is 7.18. The van der Waals surface area contributed by atoms with Gasteiger partial charge in [-0.05, 0) is 23.6 Å². The molecule has 11 heteroatoms. The van der Waals surface area contributed by atoms with Gasteiger partial charge in [-0.2, -0.15) is 0 Å². The average Bonchev–Trinajstić information content (AvgIpc) is 3.16. The van der Waals surface area contributed by atoms with Crippen molar-refractivity contribution in [1.82, 2.24) is 18.7 Å². The molecule has 0 unspecified atom stereocenters. The Hall–Kier alpha value is -4.90. The maximum atomic E-state index is 12.9. The molecule has 6 rings (SSSR count). The Morgan fingerprint density at radius 1 is 0.923 bits per heavy atom. The number of H-pyrrole nitrogens is 1. The maximum absolute atomic E-state index is 12.9. The first-order valence-corrected chi connectivity index (χ1v) is 12.5. The third-order valence-electron chi connectivity index (χ3n) is 7.18. The number of anilines is 1. The minimum atomic E-state index is -0.765. The molecule has 39 heavy (non-hydrogen) atoms. The average molecular weight is 527 g/mol. The molecule has 2 N–H and O–H groups in total. The second kappa shape index (κ2) is 9.44. The summed E-state index contributed by atoms with van der Waals surface area (Å²) in [7, 11) is 3.40. The number of aromatic hydroxyl groups is 1. The van der Waals surface area contributed by atoms with Crippen molar-refractivity contribution in [3.63, 3.8) is 0 Å². The Balaban J connectivity index is 1.53. The Morgan fingerprint density at radius 3 is 2.38 bits per heavy atom. The summed E-state index contributed by atoms with van der Waals surface area (Å²) in [5.41, 5.74) is 1.25. The van der Waals surface area contributed by atoms with Crippen molar-refractivity contribution in [1.29, 1.82) is 0 Å². The van der Waals surface area contributed by atoms with Crippen molar-refractivity contribution in [2.75, 3.05) is 31.2 Å². The molecule has 5 aromatic rings. The van der Waals surface area contributed by atoms with Crippen LogP contribution < -0.4 is 21.8 Å². The summed E-state index contributed by atoms with van der Waals surface area (Å²) in [6.45, 7) is 2.36. The topological polar surface area (TPSA) is 127 Å². The van der Waals surface area contributed by atoms with E-state index in [1.54, 1.807) is 36.9 Å². The summed E-state index contributed by atoms with van der Waals surface area (Å²) >= 11 is 0. The molecule has 3 aromatic carbocycles. The lowest BCUT2D eigenvalue weighted by Gasteiger charge is -2.30. The molecule has 0 bridgehead atoms. The fourth-order valence-corrected chi connectivity index (χ4v) is 5.10. The molecule has 0 saturated carbocycles. The number of rotatable bonds is 4. The number of aromatic amines is 1. The molecule has 0 aliphatic carbocycles. The van der Waals surface area contributed by atoms with Crippen LogP contribution >= 0.6 is 0 Å². The minimum absolute atomic E-state index is 0.169. The first-order chi connectivity index (χ1) is 18.8. The van der Waals surface area contributed by atoms with Crippen LogP contribution in [0.5, 0.6) is 5.88 Å². The van der Waals surface area contributed by atoms with Crippen LogP contribution in [0.25, 0.3) is 27.5 Å². The normalized spacial score (nSPS) is 14.2. The number of benzene rings is 3. The lowest BCUT2D eigenvalue weighted by molar-refractivity contribution is 0.123. The van der Waals surface area contributed by atoms with Crippen molar-refractivity contribution in [3.8, 4) is 11.6 Å². The van der Waals surface area contributed by atoms with Crippen molar-refractivity contribution in [2.24, 2.45) is 19.1 Å². The molecule has 0 spiro atoms. The highest BCUT2D eigenvalue weighted by atomic mass is 16.5. The van der Waals surface area contributed by atoms with Crippen LogP contribution in [0.1, 0.15) is 5.56 Å². The number of imidazole rings is 1. The Labute approximate surface area is 221 Å². The standard InChI is InChI=1S/C28H26N6O5/c1-31-23-14-20(22(33-10-12-39-13-11-33)15-24(23)32(2)28(31)38)29-16-19-25(35)30-27(37)34(26(19)36)21-9-5-7-17-6-3-4-8-18(17)21/h3-9,14-16,36H,10-13H2,1-2H3,(H,30,35,37). The van der Waals surface area contributed by atoms with Crippen molar-refractivity contribution < 1.29 is 9.84 Å². The highest BCUT2D eigenvalue weighted by molar-refractivity contribution is 5.93. The van der Waals surface area contributed by atoms with Crippen LogP contribution in [0, 0.1) is 0 Å². The summed E-state index contributed by atoms with van der Waals surface area (Å²) in [4.78, 5) is 47.3. The number of morpholine rings is 1. The third kappa shape index (κ3) is 4.03. The van der Waals surface area contributed by atoms with E-state index in [1.807, 2.05) is 36.4 Å². The lowest BCUT2D eigenvalue weighted by Crippen LogP contribution is -2.36. The zero-order chi connectivity index (χ0) is 27.3. The quantitative estimate of drug-likeness (QED) is 0.346. The number of hydrogen-bond acceptors (Lipinski definition) is 7. The molecule has 3 heterocycles. The molecular formula is C28H26N6O5. The number of aliphatic imine (C=N–C) groups is 1. The predicted molar refractivity (Wildman–Crippen MR) is 150 cm³/mol. The van der Waals surface area contributed by atoms with Gasteiger partial charge in [-0.25, -0.2) is 14.2 Å². The zero-order valence-electron chi connectivity index (χ0n) is 21.4. The fraction of sp³-hybridized carbons (Fsp3) is 0.214. The van der Waals surface area contributed by atoms with Gasteiger partial charge in [0.25, 0.3) is 5.56 Å². The van der Waals surface area contributed by atoms with Crippen LogP contribution in [0.3, 0.4) is 0 Å². The Kier molecular flexibility index (Phi) is 5.92. The molecular weight excluding hydrogens is 500 g/mol. The van der Waals surface area contributed by atoms with Gasteiger partial charge in [-0.15, -0.1) is 0 Å². The largest absolute Gasteiger partial charge is 0.493 e. The number of aryl methyl sites for hydroxylation is 2. The van der Waals surface area contributed by atoms with Crippen LogP contribution in [0.15, 0.2) is 74.0 Å². The molecule has 0 atom stereocenters. The first-order valence-electron chi connectivity index (χ1n) is 12.5. The van der Waals surface area contributed by atoms with Crippen LogP contribution in [0.4, 0.5) is 11.4 Å². The van der Waals surface area contributed by atoms with Crippen molar-refractivity contribution in [2.45, 2.75) is 0 Å². The van der Waals surface area contributed by atoms with E-state index in [9.17, 15) is 19.5 Å². The smallest absolute Gasteiger partial charge is 0.335 e. The minimum Gasteiger partial charge on any atom is -0.493 e. The van der Waals surface area contributed by atoms with E-state index < -0.39 is 17.1 Å². The molecule has 198 valence electrons. The Morgan fingerprint density at radius 2 is 1.62 bits per heavy atom. The maximum Gasteiger partial charge on any atom is 0.335 e. The van der Waals surface area contributed by atoms with Gasteiger partial charge in [0.2, 0.25) is 5.88 Å². The summed E-state index contributed by atoms with van der Waals surface area (Å²) in [5.74, 6) is -0.523. The molecule has 1 aliphatic rings. The van der Waals surface area contributed by atoms with Gasteiger partial charge in [0.1, 0.15) is 5.56 Å². The van der Waals surface area contributed by atoms with E-state index in [0.29, 0.717) is 43.2 Å². The highest BCUT2D eigenvalue weighted by Crippen LogP contribution is 2.34. The number of nitrogens with one attached hydrogen (secondary N) is 1. The Bertz CT molecular complexity index is 1950. The van der Waals surface area contributed by atoms with Crippen molar-refractivity contribution >= 4 is 39.4 Å². The van der Waals surface area contributed by atoms with Gasteiger partial charge in [-0.1, -0.05) is 36.4 Å². The second-order valence-electron chi connectivity index (χ2n) is 9.42. The molecule has 0 amide bonds. The summed E-state index contributed by atoms with van der Waals surface area (Å²) in [6.07, 6.45) is 1.25. The highest BCUT2D eigenvalue weighted by Gasteiger charge is 2.20. The van der Waals surface area contributed by atoms with Gasteiger partial charge >= 0.3 is 11.4 Å². The van der Waals surface area contributed by atoms with Gasteiger partial charge in [0.15, 0.2) is 0 Å². The number of fused-ring (bicyclic) bond motifs is 2. The molecule has 1 aliphatic heterocycles. The molecule has 11 nitrogen and oxygen atoms in total. The van der Waals surface area contributed by atoms with E-state index >= 15 is 0 Å². The summed E-state index contributed by atoms with van der Waals surface area (Å²) in [5, 5.41) is 12.8. The monoisotopic (exact) mass is 526 g/mol. The molecule has 2 aromatic heterocycles. The number of nitrogens with zero attached hydrogens (tertiary/aromatic N) is 5. The van der Waals surface area contributed by atoms with E-state index in [4.69, 9.17) is 4.74 Å². The second-order valence-corrected chi connectivity index (χ2v) is 9.42. The van der Waals surface area contributed by atoms with E-state index in [2.05, 4.69) is 14.9 Å². The van der Waals surface area contributed by atoms with Gasteiger partial charge < -0.3 is 14.7 Å². The first kappa shape index (κ1) is 24.4.